The van der Waals surface area contributed by atoms with Crippen molar-refractivity contribution in [1.29, 1.82) is 0 Å². The van der Waals surface area contributed by atoms with Crippen LogP contribution in [0.3, 0.4) is 0 Å². The van der Waals surface area contributed by atoms with Crippen molar-refractivity contribution in [1.82, 2.24) is 4.90 Å². The number of nitrogens with zero attached hydrogens (tertiary/aromatic N) is 1. The fourth-order valence-corrected chi connectivity index (χ4v) is 2.12. The van der Waals surface area contributed by atoms with Crippen molar-refractivity contribution in [2.75, 3.05) is 13.1 Å². The van der Waals surface area contributed by atoms with Crippen LogP contribution in [-0.2, 0) is 4.79 Å². The summed E-state index contributed by atoms with van der Waals surface area (Å²) in [6.07, 6.45) is 5.36. The van der Waals surface area contributed by atoms with Crippen LogP contribution in [0.15, 0.2) is 0 Å². The zero-order chi connectivity index (χ0) is 14.2. The highest BCUT2D eigenvalue weighted by molar-refractivity contribution is 5.83. The number of nitrogens with two attached hydrogens (primary N) is 2. The minimum atomic E-state index is -0.907. The minimum Gasteiger partial charge on any atom is -0.368 e. The van der Waals surface area contributed by atoms with E-state index in [-0.39, 0.29) is 0 Å². The van der Waals surface area contributed by atoms with Crippen molar-refractivity contribution in [3.63, 3.8) is 0 Å². The Kier molecular flexibility index (Phi) is 8.20. The van der Waals surface area contributed by atoms with Gasteiger partial charge in [0.2, 0.25) is 5.91 Å². The maximum absolute atomic E-state index is 11.3. The molecule has 0 fully saturated rings. The van der Waals surface area contributed by atoms with E-state index >= 15 is 0 Å². The lowest BCUT2D eigenvalue weighted by molar-refractivity contribution is -0.123. The highest BCUT2D eigenvalue weighted by Crippen LogP contribution is 2.15. The van der Waals surface area contributed by atoms with Crippen LogP contribution in [0, 0.1) is 0 Å². The SMILES string of the molecule is CCCCN(CCCC)C(C)CC(C)(N)C(N)=O. The van der Waals surface area contributed by atoms with Crippen molar-refractivity contribution >= 4 is 5.91 Å². The molecule has 1 amide bonds. The first-order valence-corrected chi connectivity index (χ1v) is 7.18. The maximum Gasteiger partial charge on any atom is 0.237 e. The fraction of sp³-hybridized carbons (Fsp3) is 0.929. The summed E-state index contributed by atoms with van der Waals surface area (Å²) in [6.45, 7) is 10.4. The molecule has 4 heteroatoms. The summed E-state index contributed by atoms with van der Waals surface area (Å²) in [7, 11) is 0. The van der Waals surface area contributed by atoms with Crippen LogP contribution in [0.25, 0.3) is 0 Å². The predicted octanol–water partition coefficient (Wildman–Crippen LogP) is 1.87. The van der Waals surface area contributed by atoms with Gasteiger partial charge < -0.3 is 16.4 Å². The monoisotopic (exact) mass is 257 g/mol. The second-order valence-electron chi connectivity index (χ2n) is 5.58. The molecule has 2 atom stereocenters. The molecule has 4 N–H and O–H groups in total. The van der Waals surface area contributed by atoms with E-state index in [1.807, 2.05) is 0 Å². The van der Waals surface area contributed by atoms with E-state index in [1.165, 1.54) is 25.7 Å². The van der Waals surface area contributed by atoms with Crippen LogP contribution in [0.2, 0.25) is 0 Å². The Balaban J connectivity index is 4.43. The summed E-state index contributed by atoms with van der Waals surface area (Å²) in [4.78, 5) is 13.7. The molecule has 0 aliphatic carbocycles. The molecule has 0 aliphatic heterocycles. The molecule has 0 saturated heterocycles. The standard InChI is InChI=1S/C14H31N3O/c1-5-7-9-17(10-8-6-2)12(3)11-14(4,16)13(15)18/h12H,5-11,16H2,1-4H3,(H2,15,18). The van der Waals surface area contributed by atoms with Crippen molar-refractivity contribution in [2.24, 2.45) is 11.5 Å². The summed E-state index contributed by atoms with van der Waals surface area (Å²) in [5.74, 6) is -0.416. The van der Waals surface area contributed by atoms with Crippen molar-refractivity contribution < 1.29 is 4.79 Å². The number of rotatable bonds is 10. The third-order valence-corrected chi connectivity index (χ3v) is 3.50. The van der Waals surface area contributed by atoms with E-state index in [4.69, 9.17) is 11.5 Å². The number of carbonyl (C=O) groups is 1. The molecule has 0 aliphatic rings. The molecule has 0 heterocycles. The van der Waals surface area contributed by atoms with Crippen LogP contribution in [0.5, 0.6) is 0 Å². The van der Waals surface area contributed by atoms with E-state index in [9.17, 15) is 4.79 Å². The van der Waals surface area contributed by atoms with E-state index < -0.39 is 11.4 Å². The quantitative estimate of drug-likeness (QED) is 0.627. The number of unbranched alkanes of at least 4 members (excludes halogenated alkanes) is 2. The molecule has 0 aromatic rings. The molecule has 0 radical (unpaired) electrons. The second kappa shape index (κ2) is 8.48. The Morgan fingerprint density at radius 1 is 1.22 bits per heavy atom. The second-order valence-corrected chi connectivity index (χ2v) is 5.58. The van der Waals surface area contributed by atoms with Gasteiger partial charge in [0.15, 0.2) is 0 Å². The zero-order valence-electron chi connectivity index (χ0n) is 12.5. The van der Waals surface area contributed by atoms with Gasteiger partial charge in [0.1, 0.15) is 0 Å². The third kappa shape index (κ3) is 6.36. The molecular weight excluding hydrogens is 226 g/mol. The van der Waals surface area contributed by atoms with Gasteiger partial charge in [-0.1, -0.05) is 26.7 Å². The Morgan fingerprint density at radius 3 is 2.00 bits per heavy atom. The highest BCUT2D eigenvalue weighted by Gasteiger charge is 2.29. The zero-order valence-corrected chi connectivity index (χ0v) is 12.5. The van der Waals surface area contributed by atoms with E-state index in [1.54, 1.807) is 6.92 Å². The molecule has 0 spiro atoms. The Bertz CT molecular complexity index is 233. The van der Waals surface area contributed by atoms with Crippen molar-refractivity contribution in [2.45, 2.75) is 71.4 Å². The first kappa shape index (κ1) is 17.4. The molecule has 0 saturated carbocycles. The van der Waals surface area contributed by atoms with Gasteiger partial charge in [-0.15, -0.1) is 0 Å². The number of primary amides is 1. The molecule has 0 bridgehead atoms. The Hall–Kier alpha value is -0.610. The summed E-state index contributed by atoms with van der Waals surface area (Å²) < 4.78 is 0. The van der Waals surface area contributed by atoms with Crippen LogP contribution in [0.1, 0.15) is 59.8 Å². The smallest absolute Gasteiger partial charge is 0.237 e. The Morgan fingerprint density at radius 2 is 1.67 bits per heavy atom. The van der Waals surface area contributed by atoms with Crippen molar-refractivity contribution in [3.05, 3.63) is 0 Å². The maximum atomic E-state index is 11.3. The highest BCUT2D eigenvalue weighted by atomic mass is 16.1. The molecule has 108 valence electrons. The summed E-state index contributed by atoms with van der Waals surface area (Å²) in [5, 5.41) is 0. The number of hydrogen-bond donors (Lipinski definition) is 2. The van der Waals surface area contributed by atoms with Gasteiger partial charge in [-0.2, -0.15) is 0 Å². The molecule has 2 unspecified atom stereocenters. The largest absolute Gasteiger partial charge is 0.368 e. The lowest BCUT2D eigenvalue weighted by atomic mass is 9.93. The normalized spacial score (nSPS) is 16.6. The van der Waals surface area contributed by atoms with E-state index in [0.29, 0.717) is 12.5 Å². The van der Waals surface area contributed by atoms with Crippen LogP contribution in [-0.4, -0.2) is 35.5 Å². The predicted molar refractivity (Wildman–Crippen MR) is 77.3 cm³/mol. The number of amides is 1. The fourth-order valence-electron chi connectivity index (χ4n) is 2.12. The van der Waals surface area contributed by atoms with Gasteiger partial charge >= 0.3 is 0 Å². The van der Waals surface area contributed by atoms with Gasteiger partial charge in [0.25, 0.3) is 0 Å². The van der Waals surface area contributed by atoms with Crippen LogP contribution >= 0.6 is 0 Å². The number of hydrogen-bond acceptors (Lipinski definition) is 3. The van der Waals surface area contributed by atoms with Gasteiger partial charge in [-0.25, -0.2) is 0 Å². The lowest BCUT2D eigenvalue weighted by Crippen LogP contribution is -2.53. The molecule has 0 aromatic carbocycles. The molecular formula is C14H31N3O. The number of carbonyl (C=O) groups excluding carboxylic acids is 1. The first-order chi connectivity index (χ1) is 8.35. The van der Waals surface area contributed by atoms with Gasteiger partial charge in [0.05, 0.1) is 5.54 Å². The van der Waals surface area contributed by atoms with Crippen LogP contribution < -0.4 is 11.5 Å². The topological polar surface area (TPSA) is 72.3 Å². The lowest BCUT2D eigenvalue weighted by Gasteiger charge is -2.33. The average molecular weight is 257 g/mol. The summed E-state index contributed by atoms with van der Waals surface area (Å²) >= 11 is 0. The van der Waals surface area contributed by atoms with E-state index in [2.05, 4.69) is 25.7 Å². The third-order valence-electron chi connectivity index (χ3n) is 3.50. The molecule has 0 rings (SSSR count). The molecule has 0 aromatic heterocycles. The van der Waals surface area contributed by atoms with E-state index in [0.717, 1.165) is 13.1 Å². The van der Waals surface area contributed by atoms with Crippen molar-refractivity contribution in [3.8, 4) is 0 Å². The Labute approximate surface area is 112 Å². The first-order valence-electron chi connectivity index (χ1n) is 7.18. The van der Waals surface area contributed by atoms with Crippen LogP contribution in [0.4, 0.5) is 0 Å². The minimum absolute atomic E-state index is 0.297. The molecule has 4 nitrogen and oxygen atoms in total. The average Bonchev–Trinajstić information content (AvgIpc) is 2.28. The summed E-state index contributed by atoms with van der Waals surface area (Å²) in [5.41, 5.74) is 10.4. The molecule has 18 heavy (non-hydrogen) atoms. The van der Waals surface area contributed by atoms with Gasteiger partial charge in [-0.05, 0) is 46.2 Å². The summed E-state index contributed by atoms with van der Waals surface area (Å²) in [6, 6.07) is 0.297. The van der Waals surface area contributed by atoms with Gasteiger partial charge in [0, 0.05) is 6.04 Å². The van der Waals surface area contributed by atoms with Gasteiger partial charge in [-0.3, -0.25) is 4.79 Å².